The van der Waals surface area contributed by atoms with Crippen LogP contribution in [0.5, 0.6) is 0 Å². The summed E-state index contributed by atoms with van der Waals surface area (Å²) in [6.45, 7) is 0. The van der Waals surface area contributed by atoms with Gasteiger partial charge in [0.15, 0.2) is 0 Å². The number of para-hydroxylation sites is 6. The molecule has 0 spiro atoms. The zero-order valence-corrected chi connectivity index (χ0v) is 58.4. The molecule has 0 atom stereocenters. The van der Waals surface area contributed by atoms with E-state index in [1.54, 1.807) is 0 Å². The number of hydrogen-bond acceptors (Lipinski definition) is 1. The molecule has 0 fully saturated rings. The van der Waals surface area contributed by atoms with Gasteiger partial charge in [-0.3, -0.25) is 4.57 Å². The highest BCUT2D eigenvalue weighted by atomic mass is 15.1. The highest BCUT2D eigenvalue weighted by Crippen LogP contribution is 2.49. The van der Waals surface area contributed by atoms with E-state index in [1.165, 1.54) is 164 Å². The van der Waals surface area contributed by atoms with Crippen molar-refractivity contribution in [3.63, 3.8) is 0 Å². The third-order valence-corrected chi connectivity index (χ3v) is 22.0. The Kier molecular flexibility index (Phi) is 14.6. The third kappa shape index (κ3) is 10.2. The number of benzene rings is 19. The standard InChI is InChI=1S/C53H34N2.C50H32N2/c1-2-14-38(15-3-1)53-54-49-20-10-11-21-50(49)55(53)44-29-26-37(27-30-44)41-28-31-47-48(34-41)52(43-25-23-36-13-5-7-17-40(36)33-43)46-19-9-8-18-45(46)51(47)42-24-22-35-12-4-6-16-39(35)32-42;1-2-24-42-41(23-1)49(33-15-13-17-35(31-33)51-45-27-9-5-19-37(45)38-20-6-10-28-46(38)51)43-25-3-4-26-44(43)50(42)34-16-14-18-36(32-34)52-47-29-11-7-21-39(47)40-22-8-12-30-48(40)52/h1-34H;1-32H. The monoisotopic (exact) mass is 1360 g/mol. The molecule has 107 heavy (non-hydrogen) atoms. The quantitative estimate of drug-likeness (QED) is 0.132. The van der Waals surface area contributed by atoms with Crippen LogP contribution >= 0.6 is 0 Å². The van der Waals surface area contributed by atoms with E-state index in [0.29, 0.717) is 0 Å². The minimum Gasteiger partial charge on any atom is -0.309 e. The molecule has 0 radical (unpaired) electrons. The second-order valence-corrected chi connectivity index (χ2v) is 28.0. The summed E-state index contributed by atoms with van der Waals surface area (Å²) in [5.74, 6) is 0.938. The van der Waals surface area contributed by atoms with Gasteiger partial charge >= 0.3 is 0 Å². The van der Waals surface area contributed by atoms with E-state index in [2.05, 4.69) is 408 Å². The smallest absolute Gasteiger partial charge is 0.145 e. The van der Waals surface area contributed by atoms with Gasteiger partial charge in [-0.05, 0) is 211 Å². The van der Waals surface area contributed by atoms with Crippen LogP contribution in [0.15, 0.2) is 400 Å². The summed E-state index contributed by atoms with van der Waals surface area (Å²) in [5.41, 5.74) is 23.7. The first-order valence-electron chi connectivity index (χ1n) is 36.8. The minimum absolute atomic E-state index is 0.938. The molecule has 3 heterocycles. The fraction of sp³-hybridized carbons (Fsp3) is 0. The van der Waals surface area contributed by atoms with Crippen LogP contribution in [0, 0.1) is 0 Å². The average Bonchev–Trinajstić information content (AvgIpc) is 1.65. The Balaban J connectivity index is 0.000000137. The van der Waals surface area contributed by atoms with E-state index in [0.717, 1.165) is 39.5 Å². The highest BCUT2D eigenvalue weighted by molar-refractivity contribution is 6.24. The SMILES string of the molecule is c1cc(-c2c3ccccc3c(-c3cccc(-n4c5ccccc5c5ccccc54)c3)c3ccccc23)cc(-n2c3ccccc3c3ccccc32)c1.c1ccc(-c2nc3ccccc3n2-c2ccc(-c3ccc4c(-c5ccc6ccccc6c5)c5ccccc5c(-c5ccc6ccccc6c5)c4c3)cc2)cc1. The summed E-state index contributed by atoms with van der Waals surface area (Å²) in [5, 5.41) is 20.0. The van der Waals surface area contributed by atoms with Gasteiger partial charge in [0.05, 0.1) is 33.1 Å². The van der Waals surface area contributed by atoms with Gasteiger partial charge in [-0.2, -0.15) is 0 Å². The zero-order chi connectivity index (χ0) is 70.5. The van der Waals surface area contributed by atoms with Gasteiger partial charge in [0, 0.05) is 44.2 Å². The molecule has 0 bridgehead atoms. The first kappa shape index (κ1) is 61.5. The van der Waals surface area contributed by atoms with Gasteiger partial charge in [-0.1, -0.05) is 309 Å². The number of fused-ring (bicyclic) bond motifs is 13. The van der Waals surface area contributed by atoms with E-state index in [-0.39, 0.29) is 0 Å². The fourth-order valence-corrected chi connectivity index (χ4v) is 17.3. The maximum absolute atomic E-state index is 5.07. The van der Waals surface area contributed by atoms with Crippen molar-refractivity contribution in [1.82, 2.24) is 18.7 Å². The van der Waals surface area contributed by atoms with Crippen molar-refractivity contribution < 1.29 is 0 Å². The molecule has 19 aromatic carbocycles. The van der Waals surface area contributed by atoms with Crippen LogP contribution in [0.2, 0.25) is 0 Å². The molecular weight excluding hydrogens is 1290 g/mol. The molecule has 22 rings (SSSR count). The first-order valence-corrected chi connectivity index (χ1v) is 36.8. The lowest BCUT2D eigenvalue weighted by molar-refractivity contribution is 1.10. The molecule has 0 aliphatic carbocycles. The first-order chi connectivity index (χ1) is 53.1. The normalized spacial score (nSPS) is 11.7. The molecule has 0 saturated heterocycles. The molecule has 3 aromatic heterocycles. The lowest BCUT2D eigenvalue weighted by atomic mass is 9.84. The Morgan fingerprint density at radius 2 is 0.486 bits per heavy atom. The lowest BCUT2D eigenvalue weighted by Crippen LogP contribution is -1.97. The van der Waals surface area contributed by atoms with Crippen molar-refractivity contribution in [3.05, 3.63) is 400 Å². The van der Waals surface area contributed by atoms with Gasteiger partial charge in [0.2, 0.25) is 0 Å². The third-order valence-electron chi connectivity index (χ3n) is 22.0. The summed E-state index contributed by atoms with van der Waals surface area (Å²) < 4.78 is 7.09. The summed E-state index contributed by atoms with van der Waals surface area (Å²) in [6.07, 6.45) is 0. The molecular formula is C103H66N4. The predicted molar refractivity (Wildman–Crippen MR) is 454 cm³/mol. The van der Waals surface area contributed by atoms with Gasteiger partial charge < -0.3 is 9.13 Å². The van der Waals surface area contributed by atoms with Crippen molar-refractivity contribution >= 4 is 119 Å². The van der Waals surface area contributed by atoms with Crippen LogP contribution < -0.4 is 0 Å². The van der Waals surface area contributed by atoms with Crippen molar-refractivity contribution in [2.24, 2.45) is 0 Å². The van der Waals surface area contributed by atoms with Crippen LogP contribution in [0.3, 0.4) is 0 Å². The molecule has 498 valence electrons. The summed E-state index contributed by atoms with van der Waals surface area (Å²) in [6, 6.07) is 146. The Morgan fingerprint density at radius 3 is 0.935 bits per heavy atom. The van der Waals surface area contributed by atoms with Gasteiger partial charge in [-0.25, -0.2) is 4.98 Å². The van der Waals surface area contributed by atoms with Crippen molar-refractivity contribution in [1.29, 1.82) is 0 Å². The van der Waals surface area contributed by atoms with Crippen molar-refractivity contribution in [3.8, 4) is 84.1 Å². The second-order valence-electron chi connectivity index (χ2n) is 28.0. The largest absolute Gasteiger partial charge is 0.309 e. The molecule has 0 saturated carbocycles. The van der Waals surface area contributed by atoms with Gasteiger partial charge in [-0.15, -0.1) is 0 Å². The van der Waals surface area contributed by atoms with Crippen LogP contribution in [0.25, 0.3) is 203 Å². The number of nitrogens with zero attached hydrogens (tertiary/aromatic N) is 4. The Bertz CT molecular complexity index is 6930. The van der Waals surface area contributed by atoms with E-state index in [9.17, 15) is 0 Å². The maximum atomic E-state index is 5.07. The van der Waals surface area contributed by atoms with E-state index >= 15 is 0 Å². The summed E-state index contributed by atoms with van der Waals surface area (Å²) in [7, 11) is 0. The van der Waals surface area contributed by atoms with Gasteiger partial charge in [0.25, 0.3) is 0 Å². The highest BCUT2D eigenvalue weighted by Gasteiger charge is 2.23. The molecule has 0 amide bonds. The number of imidazole rings is 1. The molecule has 0 aliphatic rings. The molecule has 4 nitrogen and oxygen atoms in total. The Morgan fingerprint density at radius 1 is 0.159 bits per heavy atom. The molecule has 0 N–H and O–H groups in total. The van der Waals surface area contributed by atoms with Gasteiger partial charge in [0.1, 0.15) is 5.82 Å². The number of aromatic nitrogens is 4. The maximum Gasteiger partial charge on any atom is 0.145 e. The second kappa shape index (κ2) is 25.4. The van der Waals surface area contributed by atoms with E-state index < -0.39 is 0 Å². The molecule has 4 heteroatoms. The Hall–Kier alpha value is -14.2. The van der Waals surface area contributed by atoms with E-state index in [4.69, 9.17) is 4.98 Å². The summed E-state index contributed by atoms with van der Waals surface area (Å²) >= 11 is 0. The molecule has 0 aliphatic heterocycles. The van der Waals surface area contributed by atoms with Crippen LogP contribution in [-0.2, 0) is 0 Å². The lowest BCUT2D eigenvalue weighted by Gasteiger charge is -2.19. The number of rotatable bonds is 9. The average molecular weight is 1360 g/mol. The summed E-state index contributed by atoms with van der Waals surface area (Å²) in [4.78, 5) is 5.07. The van der Waals surface area contributed by atoms with Crippen molar-refractivity contribution in [2.45, 2.75) is 0 Å². The minimum atomic E-state index is 0.938. The fourth-order valence-electron chi connectivity index (χ4n) is 17.3. The predicted octanol–water partition coefficient (Wildman–Crippen LogP) is 27.8. The van der Waals surface area contributed by atoms with E-state index in [1.807, 2.05) is 6.07 Å². The van der Waals surface area contributed by atoms with Crippen molar-refractivity contribution in [2.75, 3.05) is 0 Å². The Labute approximate surface area is 618 Å². The van der Waals surface area contributed by atoms with Crippen LogP contribution in [0.1, 0.15) is 0 Å². The molecule has 22 aromatic rings. The molecule has 0 unspecified atom stereocenters. The topological polar surface area (TPSA) is 27.7 Å². The van der Waals surface area contributed by atoms with Crippen LogP contribution in [-0.4, -0.2) is 18.7 Å². The number of hydrogen-bond donors (Lipinski definition) is 0. The van der Waals surface area contributed by atoms with Crippen LogP contribution in [0.4, 0.5) is 0 Å². The zero-order valence-electron chi connectivity index (χ0n) is 58.4.